The number of aliphatic carboxylic acids is 1. The number of ether oxygens (including phenoxy) is 1. The molecule has 3 nitrogen and oxygen atoms in total. The minimum Gasteiger partial charge on any atom is -0.478 e. The molecule has 0 aliphatic rings. The van der Waals surface area contributed by atoms with E-state index in [1.54, 1.807) is 24.3 Å². The van der Waals surface area contributed by atoms with Crippen LogP contribution in [0.25, 0.3) is 0 Å². The summed E-state index contributed by atoms with van der Waals surface area (Å²) in [4.78, 5) is 11.5. The molecule has 21 heavy (non-hydrogen) atoms. The predicted molar refractivity (Wildman–Crippen MR) is 83.1 cm³/mol. The fourth-order valence-corrected chi connectivity index (χ4v) is 2.41. The van der Waals surface area contributed by atoms with E-state index in [2.05, 4.69) is 0 Å². The minimum atomic E-state index is -1.00. The van der Waals surface area contributed by atoms with Gasteiger partial charge in [0.25, 0.3) is 0 Å². The summed E-state index contributed by atoms with van der Waals surface area (Å²) >= 11 is 6.02. The highest BCUT2D eigenvalue weighted by Crippen LogP contribution is 2.26. The summed E-state index contributed by atoms with van der Waals surface area (Å²) in [5.41, 5.74) is 3.12. The third kappa shape index (κ3) is 3.76. The van der Waals surface area contributed by atoms with E-state index in [4.69, 9.17) is 16.3 Å². The molecule has 2 aromatic rings. The second-order valence-electron chi connectivity index (χ2n) is 4.95. The Bertz CT molecular complexity index is 632. The van der Waals surface area contributed by atoms with Gasteiger partial charge in [0.15, 0.2) is 6.10 Å². The van der Waals surface area contributed by atoms with Crippen LogP contribution in [0.3, 0.4) is 0 Å². The number of halogens is 1. The highest BCUT2D eigenvalue weighted by atomic mass is 35.5. The maximum Gasteiger partial charge on any atom is 0.345 e. The van der Waals surface area contributed by atoms with Crippen LogP contribution in [0.2, 0.25) is 5.02 Å². The van der Waals surface area contributed by atoms with Gasteiger partial charge in [-0.2, -0.15) is 0 Å². The third-order valence-electron chi connectivity index (χ3n) is 3.42. The monoisotopic (exact) mass is 304 g/mol. The summed E-state index contributed by atoms with van der Waals surface area (Å²) in [6, 6.07) is 12.8. The first-order chi connectivity index (χ1) is 9.99. The van der Waals surface area contributed by atoms with E-state index < -0.39 is 12.1 Å². The quantitative estimate of drug-likeness (QED) is 0.907. The summed E-state index contributed by atoms with van der Waals surface area (Å²) in [5, 5.41) is 9.81. The predicted octanol–water partition coefficient (Wildman–Crippen LogP) is 4.03. The van der Waals surface area contributed by atoms with Gasteiger partial charge in [-0.15, -0.1) is 0 Å². The van der Waals surface area contributed by atoms with Gasteiger partial charge in [-0.3, -0.25) is 0 Å². The lowest BCUT2D eigenvalue weighted by Crippen LogP contribution is -2.30. The number of hydrogen-bond donors (Lipinski definition) is 1. The molecule has 0 aliphatic carbocycles. The summed E-state index contributed by atoms with van der Waals surface area (Å²) < 4.78 is 5.59. The molecule has 0 amide bonds. The maximum absolute atomic E-state index is 11.5. The number of hydrogen-bond acceptors (Lipinski definition) is 2. The van der Waals surface area contributed by atoms with Crippen molar-refractivity contribution in [3.05, 3.63) is 64.2 Å². The smallest absolute Gasteiger partial charge is 0.345 e. The molecule has 2 aromatic carbocycles. The molecule has 1 unspecified atom stereocenters. The van der Waals surface area contributed by atoms with Crippen LogP contribution in [0.1, 0.15) is 16.7 Å². The summed E-state index contributed by atoms with van der Waals surface area (Å²) in [6.07, 6.45) is -0.663. The van der Waals surface area contributed by atoms with Crippen molar-refractivity contribution < 1.29 is 14.6 Å². The van der Waals surface area contributed by atoms with Crippen LogP contribution in [-0.2, 0) is 11.2 Å². The van der Waals surface area contributed by atoms with Crippen LogP contribution in [0.4, 0.5) is 0 Å². The highest BCUT2D eigenvalue weighted by Gasteiger charge is 2.22. The fraction of sp³-hybridized carbons (Fsp3) is 0.235. The average Bonchev–Trinajstić information content (AvgIpc) is 2.43. The second-order valence-corrected chi connectivity index (χ2v) is 5.36. The number of benzene rings is 2. The molecule has 0 spiro atoms. The van der Waals surface area contributed by atoms with Crippen molar-refractivity contribution in [1.82, 2.24) is 0 Å². The van der Waals surface area contributed by atoms with Crippen molar-refractivity contribution in [3.63, 3.8) is 0 Å². The van der Waals surface area contributed by atoms with Crippen LogP contribution in [0, 0.1) is 13.8 Å². The molecule has 0 saturated heterocycles. The van der Waals surface area contributed by atoms with Crippen LogP contribution in [-0.4, -0.2) is 17.2 Å². The minimum absolute atomic E-state index is 0.305. The molecule has 0 saturated carbocycles. The number of para-hydroxylation sites is 1. The van der Waals surface area contributed by atoms with E-state index in [-0.39, 0.29) is 0 Å². The van der Waals surface area contributed by atoms with Gasteiger partial charge in [-0.05, 0) is 42.7 Å². The van der Waals surface area contributed by atoms with Crippen molar-refractivity contribution in [2.45, 2.75) is 26.4 Å². The lowest BCUT2D eigenvalue weighted by molar-refractivity contribution is -0.145. The first kappa shape index (κ1) is 15.4. The number of rotatable bonds is 5. The fourth-order valence-electron chi connectivity index (χ4n) is 2.23. The zero-order chi connectivity index (χ0) is 15.4. The molecule has 0 heterocycles. The number of aryl methyl sites for hydroxylation is 2. The molecule has 4 heteroatoms. The van der Waals surface area contributed by atoms with E-state index in [0.29, 0.717) is 17.2 Å². The van der Waals surface area contributed by atoms with Crippen molar-refractivity contribution in [2.75, 3.05) is 0 Å². The van der Waals surface area contributed by atoms with Gasteiger partial charge in [-0.25, -0.2) is 4.79 Å². The van der Waals surface area contributed by atoms with E-state index >= 15 is 0 Å². The lowest BCUT2D eigenvalue weighted by atomic mass is 9.97. The van der Waals surface area contributed by atoms with Crippen molar-refractivity contribution >= 4 is 17.6 Å². The molecule has 1 N–H and O–H groups in total. The lowest BCUT2D eigenvalue weighted by Gasteiger charge is -2.18. The topological polar surface area (TPSA) is 46.5 Å². The van der Waals surface area contributed by atoms with Gasteiger partial charge in [0, 0.05) is 6.42 Å². The Hall–Kier alpha value is -2.00. The SMILES string of the molecule is Cc1cccc(C)c1CC(Oc1ccccc1Cl)C(=O)O. The van der Waals surface area contributed by atoms with Crippen molar-refractivity contribution in [2.24, 2.45) is 0 Å². The van der Waals surface area contributed by atoms with Gasteiger partial charge < -0.3 is 9.84 Å². The second kappa shape index (κ2) is 6.64. The molecule has 0 aliphatic heterocycles. The molecule has 110 valence electrons. The molecule has 0 aromatic heterocycles. The van der Waals surface area contributed by atoms with Crippen molar-refractivity contribution in [1.29, 1.82) is 0 Å². The first-order valence-electron chi connectivity index (χ1n) is 6.68. The summed E-state index contributed by atoms with van der Waals surface area (Å²) in [6.45, 7) is 3.94. The first-order valence-corrected chi connectivity index (χ1v) is 7.06. The molecular weight excluding hydrogens is 288 g/mol. The van der Waals surface area contributed by atoms with Crippen LogP contribution >= 0.6 is 11.6 Å². The van der Waals surface area contributed by atoms with Gasteiger partial charge in [-0.1, -0.05) is 41.9 Å². The Morgan fingerprint density at radius 2 is 1.76 bits per heavy atom. The van der Waals surface area contributed by atoms with Crippen molar-refractivity contribution in [3.8, 4) is 5.75 Å². The van der Waals surface area contributed by atoms with E-state index in [1.807, 2.05) is 32.0 Å². The Kier molecular flexibility index (Phi) is 4.86. The van der Waals surface area contributed by atoms with E-state index in [1.165, 1.54) is 0 Å². The Labute approximate surface area is 129 Å². The number of carbonyl (C=O) groups is 1. The summed E-state index contributed by atoms with van der Waals surface area (Å²) in [7, 11) is 0. The summed E-state index contributed by atoms with van der Waals surface area (Å²) in [5.74, 6) is -0.615. The Morgan fingerprint density at radius 1 is 1.14 bits per heavy atom. The Morgan fingerprint density at radius 3 is 2.33 bits per heavy atom. The van der Waals surface area contributed by atoms with Crippen LogP contribution in [0.15, 0.2) is 42.5 Å². The molecule has 0 radical (unpaired) electrons. The Balaban J connectivity index is 2.25. The van der Waals surface area contributed by atoms with Gasteiger partial charge in [0.2, 0.25) is 0 Å². The van der Waals surface area contributed by atoms with E-state index in [0.717, 1.165) is 16.7 Å². The molecule has 1 atom stereocenters. The molecular formula is C17H17ClO3. The zero-order valence-corrected chi connectivity index (χ0v) is 12.7. The zero-order valence-electron chi connectivity index (χ0n) is 12.0. The third-order valence-corrected chi connectivity index (χ3v) is 3.73. The normalized spacial score (nSPS) is 12.0. The maximum atomic E-state index is 11.5. The van der Waals surface area contributed by atoms with Crippen LogP contribution < -0.4 is 4.74 Å². The van der Waals surface area contributed by atoms with Gasteiger partial charge >= 0.3 is 5.97 Å². The highest BCUT2D eigenvalue weighted by molar-refractivity contribution is 6.32. The van der Waals surface area contributed by atoms with Crippen LogP contribution in [0.5, 0.6) is 5.75 Å². The van der Waals surface area contributed by atoms with Gasteiger partial charge in [0.1, 0.15) is 5.75 Å². The largest absolute Gasteiger partial charge is 0.478 e. The number of carboxylic acids is 1. The average molecular weight is 305 g/mol. The van der Waals surface area contributed by atoms with Gasteiger partial charge in [0.05, 0.1) is 5.02 Å². The molecule has 0 fully saturated rings. The standard InChI is InChI=1S/C17H17ClO3/c1-11-6-5-7-12(2)13(11)10-16(17(19)20)21-15-9-4-3-8-14(15)18/h3-9,16H,10H2,1-2H3,(H,19,20). The molecule has 2 rings (SSSR count). The number of carboxylic acid groups (broad SMARTS) is 1. The van der Waals surface area contributed by atoms with E-state index in [9.17, 15) is 9.90 Å². The molecule has 0 bridgehead atoms.